The molecule has 0 saturated carbocycles. The zero-order valence-corrected chi connectivity index (χ0v) is 9.86. The molecule has 0 fully saturated rings. The minimum Gasteiger partial charge on any atom is -0.376 e. The highest BCUT2D eigenvalue weighted by molar-refractivity contribution is 6.33. The van der Waals surface area contributed by atoms with Crippen molar-refractivity contribution in [3.63, 3.8) is 0 Å². The van der Waals surface area contributed by atoms with Gasteiger partial charge < -0.3 is 5.32 Å². The van der Waals surface area contributed by atoms with Gasteiger partial charge in [-0.05, 0) is 29.8 Å². The fraction of sp³-hybridized carbons (Fsp3) is 0.300. The van der Waals surface area contributed by atoms with Gasteiger partial charge in [0.05, 0.1) is 24.3 Å². The normalized spacial score (nSPS) is 10.4. The molecule has 0 spiro atoms. The van der Waals surface area contributed by atoms with Crippen LogP contribution in [0.1, 0.15) is 11.4 Å². The summed E-state index contributed by atoms with van der Waals surface area (Å²) < 4.78 is 0. The van der Waals surface area contributed by atoms with Crippen LogP contribution in [0.15, 0.2) is 18.2 Å². The molecule has 84 valence electrons. The number of nitrogens with zero attached hydrogens (tertiary/aromatic N) is 4. The predicted molar refractivity (Wildman–Crippen MR) is 62.3 cm³/mol. The van der Waals surface area contributed by atoms with E-state index in [0.29, 0.717) is 17.4 Å². The number of tetrazole rings is 1. The number of aryl methyl sites for hydroxylation is 2. The van der Waals surface area contributed by atoms with Gasteiger partial charge in [0.2, 0.25) is 0 Å². The zero-order chi connectivity index (χ0) is 11.5. The van der Waals surface area contributed by atoms with Gasteiger partial charge >= 0.3 is 0 Å². The van der Waals surface area contributed by atoms with E-state index < -0.39 is 0 Å². The van der Waals surface area contributed by atoms with Gasteiger partial charge in [0, 0.05) is 0 Å². The van der Waals surface area contributed by atoms with Crippen molar-refractivity contribution in [2.75, 3.05) is 5.32 Å². The lowest BCUT2D eigenvalue weighted by atomic mass is 10.2. The van der Waals surface area contributed by atoms with E-state index in [2.05, 4.69) is 20.7 Å². The molecule has 16 heavy (non-hydrogen) atoms. The monoisotopic (exact) mass is 237 g/mol. The smallest absolute Gasteiger partial charge is 0.193 e. The first-order valence-corrected chi connectivity index (χ1v) is 5.26. The van der Waals surface area contributed by atoms with E-state index in [-0.39, 0.29) is 0 Å². The number of benzene rings is 1. The summed E-state index contributed by atoms with van der Waals surface area (Å²) in [5, 5.41) is 15.6. The third kappa shape index (κ3) is 2.49. The Balaban J connectivity index is 2.07. The fourth-order valence-corrected chi connectivity index (χ4v) is 1.53. The lowest BCUT2D eigenvalue weighted by Gasteiger charge is -2.06. The van der Waals surface area contributed by atoms with Crippen LogP contribution in [0.4, 0.5) is 5.69 Å². The minimum atomic E-state index is 0.511. The lowest BCUT2D eigenvalue weighted by molar-refractivity contribution is 0.628. The molecule has 1 aromatic carbocycles. The van der Waals surface area contributed by atoms with Crippen molar-refractivity contribution in [2.24, 2.45) is 7.05 Å². The molecule has 0 bridgehead atoms. The van der Waals surface area contributed by atoms with Gasteiger partial charge in [-0.3, -0.25) is 0 Å². The van der Waals surface area contributed by atoms with Gasteiger partial charge in [-0.1, -0.05) is 17.7 Å². The summed E-state index contributed by atoms with van der Waals surface area (Å²) in [5.41, 5.74) is 2.04. The van der Waals surface area contributed by atoms with Gasteiger partial charge in [-0.15, -0.1) is 10.2 Å². The standard InChI is InChI=1S/C10H12ClN5/c1-7-3-4-8(11)9(5-7)12-6-10-13-15-16(2)14-10/h3-5,12H,6H2,1-2H3. The number of anilines is 1. The van der Waals surface area contributed by atoms with E-state index in [1.165, 1.54) is 4.80 Å². The maximum atomic E-state index is 6.04. The number of nitrogens with one attached hydrogen (secondary N) is 1. The van der Waals surface area contributed by atoms with Crippen molar-refractivity contribution in [1.29, 1.82) is 0 Å². The third-order valence-corrected chi connectivity index (χ3v) is 2.44. The molecule has 2 rings (SSSR count). The molecule has 6 heteroatoms. The topological polar surface area (TPSA) is 55.6 Å². The molecular weight excluding hydrogens is 226 g/mol. The van der Waals surface area contributed by atoms with Crippen LogP contribution in [0.2, 0.25) is 5.02 Å². The molecule has 2 aromatic rings. The van der Waals surface area contributed by atoms with Crippen molar-refractivity contribution in [2.45, 2.75) is 13.5 Å². The number of rotatable bonds is 3. The van der Waals surface area contributed by atoms with E-state index >= 15 is 0 Å². The van der Waals surface area contributed by atoms with Crippen molar-refractivity contribution in [3.05, 3.63) is 34.6 Å². The summed E-state index contributed by atoms with van der Waals surface area (Å²) in [6, 6.07) is 5.82. The van der Waals surface area contributed by atoms with Gasteiger partial charge in [0.15, 0.2) is 5.82 Å². The molecule has 0 aliphatic carbocycles. The van der Waals surface area contributed by atoms with E-state index in [1.54, 1.807) is 7.05 Å². The molecule has 0 aliphatic heterocycles. The Morgan fingerprint density at radius 1 is 1.44 bits per heavy atom. The summed E-state index contributed by atoms with van der Waals surface area (Å²) >= 11 is 6.04. The Bertz CT molecular complexity index is 494. The van der Waals surface area contributed by atoms with Crippen LogP contribution < -0.4 is 5.32 Å². The number of hydrogen-bond acceptors (Lipinski definition) is 4. The van der Waals surface area contributed by atoms with Crippen LogP contribution in [0.5, 0.6) is 0 Å². The second-order valence-electron chi connectivity index (χ2n) is 3.53. The van der Waals surface area contributed by atoms with E-state index in [0.717, 1.165) is 11.3 Å². The SMILES string of the molecule is Cc1ccc(Cl)c(NCc2nnn(C)n2)c1. The molecule has 1 aromatic heterocycles. The predicted octanol–water partition coefficient (Wildman–Crippen LogP) is 1.78. The molecule has 5 nitrogen and oxygen atoms in total. The minimum absolute atomic E-state index is 0.511. The highest BCUT2D eigenvalue weighted by atomic mass is 35.5. The molecule has 0 atom stereocenters. The van der Waals surface area contributed by atoms with Crippen molar-refractivity contribution in [1.82, 2.24) is 20.2 Å². The number of hydrogen-bond donors (Lipinski definition) is 1. The van der Waals surface area contributed by atoms with Crippen LogP contribution in [0.3, 0.4) is 0 Å². The second-order valence-corrected chi connectivity index (χ2v) is 3.94. The Labute approximate surface area is 98.4 Å². The van der Waals surface area contributed by atoms with Crippen LogP contribution in [0.25, 0.3) is 0 Å². The summed E-state index contributed by atoms with van der Waals surface area (Å²) in [7, 11) is 1.73. The van der Waals surface area contributed by atoms with E-state index in [9.17, 15) is 0 Å². The largest absolute Gasteiger partial charge is 0.376 e. The molecule has 0 unspecified atom stereocenters. The molecule has 0 radical (unpaired) electrons. The summed E-state index contributed by atoms with van der Waals surface area (Å²) in [6.45, 7) is 2.53. The van der Waals surface area contributed by atoms with E-state index in [1.807, 2.05) is 25.1 Å². The van der Waals surface area contributed by atoms with E-state index in [4.69, 9.17) is 11.6 Å². The van der Waals surface area contributed by atoms with Crippen molar-refractivity contribution in [3.8, 4) is 0 Å². The highest BCUT2D eigenvalue weighted by Gasteiger charge is 2.03. The number of aromatic nitrogens is 4. The Morgan fingerprint density at radius 2 is 2.25 bits per heavy atom. The zero-order valence-electron chi connectivity index (χ0n) is 9.11. The molecule has 1 N–H and O–H groups in total. The quantitative estimate of drug-likeness (QED) is 0.884. The third-order valence-electron chi connectivity index (χ3n) is 2.11. The van der Waals surface area contributed by atoms with Crippen LogP contribution >= 0.6 is 11.6 Å². The average Bonchev–Trinajstić information content (AvgIpc) is 2.66. The Kier molecular flexibility index (Phi) is 3.05. The average molecular weight is 238 g/mol. The highest BCUT2D eigenvalue weighted by Crippen LogP contribution is 2.22. The van der Waals surface area contributed by atoms with Gasteiger partial charge in [-0.25, -0.2) is 0 Å². The second kappa shape index (κ2) is 4.49. The summed E-state index contributed by atoms with van der Waals surface area (Å²) in [5.74, 6) is 0.639. The van der Waals surface area contributed by atoms with Crippen LogP contribution in [-0.2, 0) is 13.6 Å². The first kappa shape index (κ1) is 10.9. The maximum absolute atomic E-state index is 6.04. The fourth-order valence-electron chi connectivity index (χ4n) is 1.34. The first-order chi connectivity index (χ1) is 7.65. The summed E-state index contributed by atoms with van der Waals surface area (Å²) in [4.78, 5) is 1.43. The first-order valence-electron chi connectivity index (χ1n) is 4.88. The Hall–Kier alpha value is -1.62. The summed E-state index contributed by atoms with van der Waals surface area (Å²) in [6.07, 6.45) is 0. The van der Waals surface area contributed by atoms with Gasteiger partial charge in [0.1, 0.15) is 0 Å². The molecule has 0 amide bonds. The lowest BCUT2D eigenvalue weighted by Crippen LogP contribution is -2.02. The number of halogens is 1. The van der Waals surface area contributed by atoms with Crippen molar-refractivity contribution >= 4 is 17.3 Å². The van der Waals surface area contributed by atoms with Crippen LogP contribution in [-0.4, -0.2) is 20.2 Å². The molecule has 1 heterocycles. The molecule has 0 aliphatic rings. The molecular formula is C10H12ClN5. The Morgan fingerprint density at radius 3 is 2.94 bits per heavy atom. The molecule has 0 saturated heterocycles. The maximum Gasteiger partial charge on any atom is 0.193 e. The van der Waals surface area contributed by atoms with Crippen molar-refractivity contribution < 1.29 is 0 Å². The van der Waals surface area contributed by atoms with Gasteiger partial charge in [0.25, 0.3) is 0 Å². The van der Waals surface area contributed by atoms with Crippen LogP contribution in [0, 0.1) is 6.92 Å². The van der Waals surface area contributed by atoms with Gasteiger partial charge in [-0.2, -0.15) is 4.80 Å².